The summed E-state index contributed by atoms with van der Waals surface area (Å²) in [5.74, 6) is -2.53. The first-order chi connectivity index (χ1) is 18.6. The minimum absolute atomic E-state index is 0.0423. The predicted octanol–water partition coefficient (Wildman–Crippen LogP) is -0.498. The van der Waals surface area contributed by atoms with Crippen molar-refractivity contribution < 1.29 is 63.5 Å². The van der Waals surface area contributed by atoms with E-state index in [0.717, 1.165) is 12.3 Å². The maximum Gasteiger partial charge on any atom is 0.340 e. The fourth-order valence-corrected chi connectivity index (χ4v) is 4.63. The fourth-order valence-electron chi connectivity index (χ4n) is 4.63. The van der Waals surface area contributed by atoms with E-state index in [1.54, 1.807) is 0 Å². The SMILES string of the molecule is C=C[C@H]1[C@@H](O[C@@H]2O[C@@H](CO)[C@H](OC(=O)/C=C\c3ccc(O)c(OC)c3)[C@@H](O)[C@@H]2O)OC=C2C(=O)OCC[C@]21O. The Hall–Kier alpha value is -3.46. The van der Waals surface area contributed by atoms with Gasteiger partial charge in [-0.05, 0) is 23.8 Å². The molecular formula is C26H30O13. The zero-order valence-corrected chi connectivity index (χ0v) is 20.9. The highest BCUT2D eigenvalue weighted by molar-refractivity contribution is 5.91. The Bertz CT molecular complexity index is 1140. The van der Waals surface area contributed by atoms with Crippen LogP contribution in [0.25, 0.3) is 6.08 Å². The number of rotatable bonds is 8. The number of methoxy groups -OCH3 is 1. The highest BCUT2D eigenvalue weighted by Gasteiger charge is 2.55. The Labute approximate surface area is 223 Å². The Morgan fingerprint density at radius 1 is 1.26 bits per heavy atom. The van der Waals surface area contributed by atoms with Gasteiger partial charge in [-0.25, -0.2) is 9.59 Å². The lowest BCUT2D eigenvalue weighted by Crippen LogP contribution is -2.62. The molecule has 4 rings (SSSR count). The maximum absolute atomic E-state index is 12.4. The van der Waals surface area contributed by atoms with Crippen LogP contribution in [0.15, 0.2) is 48.8 Å². The molecule has 0 aromatic heterocycles. The summed E-state index contributed by atoms with van der Waals surface area (Å²) in [6, 6.07) is 4.38. The standard InChI is InChI=1S/C26H30O13/c1-3-14-24(36-12-15-23(32)35-9-8-26(14,15)33)39-25-21(31)20(30)22(18(11-27)37-25)38-19(29)7-5-13-4-6-16(28)17(10-13)34-2/h3-7,10,12,14,18,20-22,24-25,27-28,30-31,33H,1,8-9,11H2,2H3/b7-5-/t14-,18-,20-,21-,22-,24+,25-,26+/m0/s1. The molecule has 3 heterocycles. The van der Waals surface area contributed by atoms with E-state index in [1.165, 1.54) is 37.5 Å². The molecule has 0 bridgehead atoms. The summed E-state index contributed by atoms with van der Waals surface area (Å²) in [6.45, 7) is 2.92. The molecule has 3 aliphatic heterocycles. The van der Waals surface area contributed by atoms with Gasteiger partial charge in [0.2, 0.25) is 6.29 Å². The van der Waals surface area contributed by atoms with Crippen LogP contribution in [0, 0.1) is 5.92 Å². The number of esters is 2. The number of cyclic esters (lactones) is 1. The van der Waals surface area contributed by atoms with Crippen LogP contribution in [-0.2, 0) is 33.3 Å². The molecule has 13 heteroatoms. The molecule has 39 heavy (non-hydrogen) atoms. The number of fused-ring (bicyclic) bond motifs is 1. The summed E-state index contributed by atoms with van der Waals surface area (Å²) in [7, 11) is 1.37. The lowest BCUT2D eigenvalue weighted by Gasteiger charge is -2.46. The van der Waals surface area contributed by atoms with Crippen LogP contribution in [0.1, 0.15) is 12.0 Å². The molecule has 0 unspecified atom stereocenters. The van der Waals surface area contributed by atoms with E-state index in [4.69, 9.17) is 28.4 Å². The molecule has 1 aromatic rings. The van der Waals surface area contributed by atoms with Crippen LogP contribution in [0.4, 0.5) is 0 Å². The molecule has 1 aromatic carbocycles. The first-order valence-electron chi connectivity index (χ1n) is 12.0. The predicted molar refractivity (Wildman–Crippen MR) is 130 cm³/mol. The number of hydrogen-bond acceptors (Lipinski definition) is 13. The number of aliphatic hydroxyl groups is 4. The monoisotopic (exact) mass is 550 g/mol. The van der Waals surface area contributed by atoms with Gasteiger partial charge in [-0.2, -0.15) is 0 Å². The third kappa shape index (κ3) is 5.64. The van der Waals surface area contributed by atoms with E-state index < -0.39 is 67.1 Å². The Balaban J connectivity index is 1.43. The van der Waals surface area contributed by atoms with Crippen molar-refractivity contribution in [2.45, 2.75) is 49.0 Å². The van der Waals surface area contributed by atoms with Gasteiger partial charge in [0, 0.05) is 12.5 Å². The second-order valence-electron chi connectivity index (χ2n) is 9.12. The minimum Gasteiger partial charge on any atom is -0.504 e. The lowest BCUT2D eigenvalue weighted by atomic mass is 9.76. The maximum atomic E-state index is 12.4. The minimum atomic E-state index is -1.76. The van der Waals surface area contributed by atoms with E-state index >= 15 is 0 Å². The molecule has 212 valence electrons. The number of hydrogen-bond donors (Lipinski definition) is 5. The van der Waals surface area contributed by atoms with Gasteiger partial charge < -0.3 is 54.0 Å². The summed E-state index contributed by atoms with van der Waals surface area (Å²) in [5, 5.41) is 52.1. The van der Waals surface area contributed by atoms with E-state index in [9.17, 15) is 35.1 Å². The van der Waals surface area contributed by atoms with Crippen molar-refractivity contribution in [1.29, 1.82) is 0 Å². The number of aromatic hydroxyl groups is 1. The van der Waals surface area contributed by atoms with E-state index in [1.807, 2.05) is 0 Å². The lowest BCUT2D eigenvalue weighted by molar-refractivity contribution is -0.344. The van der Waals surface area contributed by atoms with Crippen molar-refractivity contribution in [1.82, 2.24) is 0 Å². The fraction of sp³-hybridized carbons (Fsp3) is 0.462. The van der Waals surface area contributed by atoms with E-state index in [-0.39, 0.29) is 30.1 Å². The van der Waals surface area contributed by atoms with Crippen LogP contribution in [0.5, 0.6) is 11.5 Å². The van der Waals surface area contributed by atoms with Gasteiger partial charge in [0.15, 0.2) is 23.9 Å². The van der Waals surface area contributed by atoms with Gasteiger partial charge >= 0.3 is 11.9 Å². The van der Waals surface area contributed by atoms with Crippen molar-refractivity contribution in [3.63, 3.8) is 0 Å². The van der Waals surface area contributed by atoms with Crippen molar-refractivity contribution in [2.24, 2.45) is 5.92 Å². The van der Waals surface area contributed by atoms with Crippen LogP contribution >= 0.6 is 0 Å². The highest BCUT2D eigenvalue weighted by Crippen LogP contribution is 2.42. The first-order valence-corrected chi connectivity index (χ1v) is 12.0. The molecule has 2 saturated heterocycles. The normalized spacial score (nSPS) is 34.3. The number of phenols is 1. The van der Waals surface area contributed by atoms with Crippen LogP contribution in [-0.4, -0.2) is 100 Å². The number of ether oxygens (including phenoxy) is 6. The van der Waals surface area contributed by atoms with Gasteiger partial charge in [0.25, 0.3) is 0 Å². The Morgan fingerprint density at radius 3 is 2.72 bits per heavy atom. The topological polar surface area (TPSA) is 191 Å². The molecule has 13 nitrogen and oxygen atoms in total. The average Bonchev–Trinajstić information content (AvgIpc) is 2.92. The molecule has 3 aliphatic rings. The zero-order valence-electron chi connectivity index (χ0n) is 20.9. The van der Waals surface area contributed by atoms with E-state index in [2.05, 4.69) is 6.58 Å². The number of aliphatic hydroxyl groups excluding tert-OH is 3. The van der Waals surface area contributed by atoms with Crippen molar-refractivity contribution in [2.75, 3.05) is 20.3 Å². The smallest absolute Gasteiger partial charge is 0.340 e. The highest BCUT2D eigenvalue weighted by atomic mass is 16.8. The number of carbonyl (C=O) groups excluding carboxylic acids is 2. The molecule has 0 radical (unpaired) electrons. The quantitative estimate of drug-likeness (QED) is 0.158. The third-order valence-electron chi connectivity index (χ3n) is 6.78. The zero-order chi connectivity index (χ0) is 28.3. The molecule has 2 fully saturated rings. The molecule has 8 atom stereocenters. The molecule has 0 amide bonds. The molecule has 0 spiro atoms. The summed E-state index contributed by atoms with van der Waals surface area (Å²) < 4.78 is 32.0. The van der Waals surface area contributed by atoms with Gasteiger partial charge in [0.1, 0.15) is 29.5 Å². The largest absolute Gasteiger partial charge is 0.504 e. The Kier molecular flexibility index (Phi) is 8.59. The number of carbonyl (C=O) groups is 2. The van der Waals surface area contributed by atoms with E-state index in [0.29, 0.717) is 5.56 Å². The van der Waals surface area contributed by atoms with Gasteiger partial charge in [0.05, 0.1) is 32.5 Å². The summed E-state index contributed by atoms with van der Waals surface area (Å²) in [5.41, 5.74) is -1.31. The second kappa shape index (κ2) is 11.7. The molecule has 5 N–H and O–H groups in total. The molecule has 0 aliphatic carbocycles. The summed E-state index contributed by atoms with van der Waals surface area (Å²) in [4.78, 5) is 24.5. The van der Waals surface area contributed by atoms with Crippen LogP contribution < -0.4 is 4.74 Å². The summed E-state index contributed by atoms with van der Waals surface area (Å²) >= 11 is 0. The van der Waals surface area contributed by atoms with Crippen LogP contribution in [0.3, 0.4) is 0 Å². The van der Waals surface area contributed by atoms with Crippen molar-refractivity contribution in [3.8, 4) is 11.5 Å². The average molecular weight is 551 g/mol. The van der Waals surface area contributed by atoms with Gasteiger partial charge in [-0.1, -0.05) is 12.1 Å². The molecular weight excluding hydrogens is 520 g/mol. The number of benzene rings is 1. The third-order valence-corrected chi connectivity index (χ3v) is 6.78. The van der Waals surface area contributed by atoms with Crippen molar-refractivity contribution in [3.05, 3.63) is 54.3 Å². The first kappa shape index (κ1) is 28.5. The Morgan fingerprint density at radius 2 is 2.03 bits per heavy atom. The molecule has 0 saturated carbocycles. The van der Waals surface area contributed by atoms with Gasteiger partial charge in [-0.15, -0.1) is 6.58 Å². The number of phenolic OH excluding ortho intramolecular Hbond substituents is 1. The summed E-state index contributed by atoms with van der Waals surface area (Å²) in [6.07, 6.45) is -4.35. The second-order valence-corrected chi connectivity index (χ2v) is 9.12. The van der Waals surface area contributed by atoms with Gasteiger partial charge in [-0.3, -0.25) is 0 Å². The van der Waals surface area contributed by atoms with Crippen LogP contribution in [0.2, 0.25) is 0 Å². The van der Waals surface area contributed by atoms with Crippen molar-refractivity contribution >= 4 is 18.0 Å².